The van der Waals surface area contributed by atoms with Crippen molar-refractivity contribution in [3.05, 3.63) is 47.4 Å². The molecule has 1 amide bonds. The fraction of sp³-hybridized carbons (Fsp3) is 0.360. The molecule has 0 radical (unpaired) electrons. The van der Waals surface area contributed by atoms with E-state index < -0.39 is 31.7 Å². The molecule has 1 aliphatic rings. The largest absolute Gasteiger partial charge is 0.493 e. The van der Waals surface area contributed by atoms with Gasteiger partial charge in [-0.3, -0.25) is 9.58 Å². The second-order valence-electron chi connectivity index (χ2n) is 9.39. The Balaban J connectivity index is 1.70. The summed E-state index contributed by atoms with van der Waals surface area (Å²) in [6.07, 6.45) is -1.32. The Labute approximate surface area is 225 Å². The first-order chi connectivity index (χ1) is 18.9. The topological polar surface area (TPSA) is 110 Å². The normalized spacial score (nSPS) is 14.5. The van der Waals surface area contributed by atoms with Crippen LogP contribution < -0.4 is 19.3 Å². The third-order valence-electron chi connectivity index (χ3n) is 6.49. The number of amides is 1. The molecule has 11 nitrogen and oxygen atoms in total. The number of hydrogen-bond acceptors (Lipinski definition) is 7. The molecule has 0 saturated carbocycles. The number of aromatic nitrogens is 5. The fourth-order valence-corrected chi connectivity index (χ4v) is 4.70. The molecule has 4 aromatic rings. The van der Waals surface area contributed by atoms with Crippen molar-refractivity contribution in [2.24, 2.45) is 7.05 Å². The molecular weight excluding hydrogens is 538 g/mol. The molecule has 4 heterocycles. The van der Waals surface area contributed by atoms with Crippen molar-refractivity contribution in [2.45, 2.75) is 32.9 Å². The van der Waals surface area contributed by atoms with Gasteiger partial charge >= 0.3 is 12.7 Å². The predicted molar refractivity (Wildman–Crippen MR) is 136 cm³/mol. The van der Waals surface area contributed by atoms with E-state index in [2.05, 4.69) is 19.9 Å². The van der Waals surface area contributed by atoms with Gasteiger partial charge in [-0.2, -0.15) is 23.5 Å². The van der Waals surface area contributed by atoms with E-state index >= 15 is 0 Å². The summed E-state index contributed by atoms with van der Waals surface area (Å²) in [6.45, 7) is -1.02. The van der Waals surface area contributed by atoms with Gasteiger partial charge in [0.1, 0.15) is 11.6 Å². The number of aryl methyl sites for hydroxylation is 3. The van der Waals surface area contributed by atoms with Crippen LogP contribution in [0.5, 0.6) is 11.5 Å². The monoisotopic (exact) mass is 563 g/mol. The quantitative estimate of drug-likeness (QED) is 0.312. The van der Waals surface area contributed by atoms with E-state index in [9.17, 15) is 27.5 Å². The summed E-state index contributed by atoms with van der Waals surface area (Å²) in [4.78, 5) is 19.4. The summed E-state index contributed by atoms with van der Waals surface area (Å²) in [6, 6.07) is 7.46. The van der Waals surface area contributed by atoms with Crippen LogP contribution in [0.15, 0.2) is 30.3 Å². The van der Waals surface area contributed by atoms with Crippen molar-refractivity contribution in [1.29, 1.82) is 0 Å². The lowest BCUT2D eigenvalue weighted by molar-refractivity contribution is -0.0511. The number of ether oxygens (including phenoxy) is 2. The minimum atomic E-state index is -3.11. The Morgan fingerprint density at radius 2 is 1.88 bits per heavy atom. The van der Waals surface area contributed by atoms with Gasteiger partial charge in [-0.05, 0) is 37.6 Å². The lowest BCUT2D eigenvalue weighted by atomic mass is 10.1. The Bertz CT molecular complexity index is 1600. The van der Waals surface area contributed by atoms with Gasteiger partial charge in [-0.15, -0.1) is 0 Å². The van der Waals surface area contributed by atoms with Crippen molar-refractivity contribution in [1.82, 2.24) is 24.4 Å². The summed E-state index contributed by atoms with van der Waals surface area (Å²) in [5.74, 6) is -2.92. The second-order valence-corrected chi connectivity index (χ2v) is 9.39. The number of rotatable bonds is 8. The Kier molecular flexibility index (Phi) is 6.67. The molecule has 0 bridgehead atoms. The van der Waals surface area contributed by atoms with E-state index in [1.165, 1.54) is 34.7 Å². The zero-order valence-corrected chi connectivity index (χ0v) is 21.9. The van der Waals surface area contributed by atoms with E-state index in [1.54, 1.807) is 37.7 Å². The molecule has 0 unspecified atom stereocenters. The number of fused-ring (bicyclic) bond motifs is 1. The second kappa shape index (κ2) is 9.88. The molecule has 1 aliphatic heterocycles. The zero-order valence-electron chi connectivity index (χ0n) is 21.9. The van der Waals surface area contributed by atoms with E-state index in [4.69, 9.17) is 4.74 Å². The minimum absolute atomic E-state index is 0.0495. The van der Waals surface area contributed by atoms with Gasteiger partial charge in [0.25, 0.3) is 5.92 Å². The van der Waals surface area contributed by atoms with Gasteiger partial charge in [0.15, 0.2) is 17.1 Å². The summed E-state index contributed by atoms with van der Waals surface area (Å²) in [5, 5.41) is 19.0. The van der Waals surface area contributed by atoms with Crippen molar-refractivity contribution in [2.75, 3.05) is 30.0 Å². The molecule has 1 aromatic carbocycles. The van der Waals surface area contributed by atoms with Crippen LogP contribution in [0.2, 0.25) is 0 Å². The first-order valence-electron chi connectivity index (χ1n) is 12.0. The Morgan fingerprint density at radius 3 is 2.45 bits per heavy atom. The molecule has 3 aromatic heterocycles. The zero-order chi connectivity index (χ0) is 28.9. The summed E-state index contributed by atoms with van der Waals surface area (Å²) in [7, 11) is 2.98. The highest BCUT2D eigenvalue weighted by atomic mass is 19.3. The third kappa shape index (κ3) is 4.94. The fourth-order valence-electron chi connectivity index (χ4n) is 4.70. The Morgan fingerprint density at radius 1 is 1.15 bits per heavy atom. The number of benzene rings is 1. The van der Waals surface area contributed by atoms with Gasteiger partial charge in [0.2, 0.25) is 0 Å². The van der Waals surface area contributed by atoms with Crippen LogP contribution in [-0.4, -0.2) is 68.3 Å². The van der Waals surface area contributed by atoms with Crippen molar-refractivity contribution >= 4 is 23.4 Å². The van der Waals surface area contributed by atoms with E-state index in [-0.39, 0.29) is 35.3 Å². The standard InChI is InChI=1S/C25H25F4N7O4/c1-13-7-16(33(3)31-13)10-35(24(37)38)20-9-19(34-11-25(28,29)12-34)30-22-21(14(2)32-36(20)22)15-5-6-17(39-4)18(8-15)40-23(26)27/h5-9,23H,10-12H2,1-4H3,(H,37,38). The van der Waals surface area contributed by atoms with Crippen LogP contribution in [0.25, 0.3) is 16.8 Å². The number of hydrogen-bond donors (Lipinski definition) is 1. The molecule has 40 heavy (non-hydrogen) atoms. The Hall–Kier alpha value is -4.56. The predicted octanol–water partition coefficient (Wildman–Crippen LogP) is 4.50. The van der Waals surface area contributed by atoms with Crippen molar-refractivity contribution in [3.63, 3.8) is 0 Å². The van der Waals surface area contributed by atoms with Crippen molar-refractivity contribution < 1.29 is 36.9 Å². The van der Waals surface area contributed by atoms with Crippen LogP contribution in [0.3, 0.4) is 0 Å². The smallest absolute Gasteiger partial charge is 0.413 e. The van der Waals surface area contributed by atoms with Crippen LogP contribution in [0.1, 0.15) is 17.1 Å². The number of methoxy groups -OCH3 is 1. The molecule has 5 rings (SSSR count). The van der Waals surface area contributed by atoms with Gasteiger partial charge < -0.3 is 19.5 Å². The number of anilines is 2. The van der Waals surface area contributed by atoms with Crippen LogP contribution in [0.4, 0.5) is 34.0 Å². The maximum absolute atomic E-state index is 13.8. The van der Waals surface area contributed by atoms with E-state index in [1.807, 2.05) is 0 Å². The first-order valence-corrected chi connectivity index (χ1v) is 12.0. The number of carbonyl (C=O) groups is 1. The maximum atomic E-state index is 13.8. The lowest BCUT2D eigenvalue weighted by Crippen LogP contribution is -2.56. The number of carboxylic acid groups (broad SMARTS) is 1. The molecule has 0 atom stereocenters. The van der Waals surface area contributed by atoms with Gasteiger partial charge in [-0.1, -0.05) is 6.07 Å². The summed E-state index contributed by atoms with van der Waals surface area (Å²) < 4.78 is 66.3. The average molecular weight is 564 g/mol. The maximum Gasteiger partial charge on any atom is 0.413 e. The summed E-state index contributed by atoms with van der Waals surface area (Å²) >= 11 is 0. The molecular formula is C25H25F4N7O4. The van der Waals surface area contributed by atoms with E-state index in [0.717, 1.165) is 4.90 Å². The van der Waals surface area contributed by atoms with Crippen LogP contribution in [-0.2, 0) is 13.6 Å². The molecule has 212 valence electrons. The number of nitrogens with zero attached hydrogens (tertiary/aromatic N) is 7. The SMILES string of the molecule is COc1ccc(-c2c(C)nn3c(N(Cc4cc(C)nn4C)C(=O)O)cc(N4CC(F)(F)C4)nc23)cc1OC(F)F. The highest BCUT2D eigenvalue weighted by Gasteiger charge is 2.45. The molecule has 15 heteroatoms. The van der Waals surface area contributed by atoms with Gasteiger partial charge in [-0.25, -0.2) is 18.6 Å². The third-order valence-corrected chi connectivity index (χ3v) is 6.49. The lowest BCUT2D eigenvalue weighted by Gasteiger charge is -2.39. The van der Waals surface area contributed by atoms with Gasteiger partial charge in [0, 0.05) is 18.7 Å². The molecule has 1 saturated heterocycles. The average Bonchev–Trinajstić information content (AvgIpc) is 3.36. The molecule has 1 N–H and O–H groups in total. The van der Waals surface area contributed by atoms with Crippen LogP contribution >= 0.6 is 0 Å². The van der Waals surface area contributed by atoms with Crippen molar-refractivity contribution in [3.8, 4) is 22.6 Å². The molecule has 0 spiro atoms. The number of halogens is 4. The molecule has 0 aliphatic carbocycles. The minimum Gasteiger partial charge on any atom is -0.493 e. The van der Waals surface area contributed by atoms with E-state index in [0.29, 0.717) is 28.2 Å². The van der Waals surface area contributed by atoms with Crippen LogP contribution in [0, 0.1) is 13.8 Å². The first kappa shape index (κ1) is 27.0. The summed E-state index contributed by atoms with van der Waals surface area (Å²) in [5.41, 5.74) is 2.53. The number of alkyl halides is 4. The highest BCUT2D eigenvalue weighted by molar-refractivity contribution is 5.89. The van der Waals surface area contributed by atoms with Gasteiger partial charge in [0.05, 0.1) is 43.8 Å². The molecule has 1 fully saturated rings. The highest BCUT2D eigenvalue weighted by Crippen LogP contribution is 2.39.